The van der Waals surface area contributed by atoms with E-state index in [1.807, 2.05) is 24.3 Å². The fraction of sp³-hybridized carbons (Fsp3) is 0.167. The Morgan fingerprint density at radius 1 is 0.971 bits per heavy atom. The quantitative estimate of drug-likeness (QED) is 0.306. The molecular weight excluding hydrogens is 458 g/mol. The Balaban J connectivity index is 1.44. The van der Waals surface area contributed by atoms with Gasteiger partial charge in [0, 0.05) is 55.1 Å². The molecular formula is C24H20ClN5O4. The summed E-state index contributed by atoms with van der Waals surface area (Å²) in [7, 11) is 0. The van der Waals surface area contributed by atoms with Crippen LogP contribution in [-0.4, -0.2) is 51.7 Å². The van der Waals surface area contributed by atoms with E-state index in [2.05, 4.69) is 10.00 Å². The lowest BCUT2D eigenvalue weighted by atomic mass is 10.2. The van der Waals surface area contributed by atoms with E-state index in [1.165, 1.54) is 23.1 Å². The molecule has 1 aliphatic rings. The Bertz CT molecular complexity index is 1340. The number of aromatic nitrogens is 2. The summed E-state index contributed by atoms with van der Waals surface area (Å²) in [5.41, 5.74) is 2.14. The van der Waals surface area contributed by atoms with E-state index in [-0.39, 0.29) is 11.6 Å². The van der Waals surface area contributed by atoms with Crippen LogP contribution in [0.15, 0.2) is 77.4 Å². The maximum atomic E-state index is 13.6. The molecule has 2 aromatic heterocycles. The van der Waals surface area contributed by atoms with Gasteiger partial charge in [0.2, 0.25) is 0 Å². The molecule has 1 saturated heterocycles. The molecule has 1 aliphatic heterocycles. The predicted molar refractivity (Wildman–Crippen MR) is 127 cm³/mol. The number of hydrogen-bond donors (Lipinski definition) is 0. The first-order chi connectivity index (χ1) is 16.5. The molecule has 2 aromatic carbocycles. The minimum Gasteiger partial charge on any atom is -0.463 e. The molecule has 34 heavy (non-hydrogen) atoms. The largest absolute Gasteiger partial charge is 0.463 e. The van der Waals surface area contributed by atoms with Crippen molar-refractivity contribution in [2.75, 3.05) is 31.1 Å². The number of rotatable bonds is 5. The molecule has 0 bridgehead atoms. The van der Waals surface area contributed by atoms with Crippen LogP contribution >= 0.6 is 11.6 Å². The second-order valence-electron chi connectivity index (χ2n) is 7.84. The summed E-state index contributed by atoms with van der Waals surface area (Å²) >= 11 is 6.12. The molecule has 3 heterocycles. The van der Waals surface area contributed by atoms with E-state index < -0.39 is 4.92 Å². The number of benzene rings is 2. The number of halogens is 1. The van der Waals surface area contributed by atoms with Gasteiger partial charge < -0.3 is 14.2 Å². The third kappa shape index (κ3) is 4.25. The highest BCUT2D eigenvalue weighted by molar-refractivity contribution is 6.30. The molecule has 0 atom stereocenters. The number of non-ortho nitro benzene ring substituents is 1. The lowest BCUT2D eigenvalue weighted by molar-refractivity contribution is -0.384. The van der Waals surface area contributed by atoms with Crippen molar-refractivity contribution in [3.63, 3.8) is 0 Å². The molecule has 0 spiro atoms. The summed E-state index contributed by atoms with van der Waals surface area (Å²) in [5.74, 6) is 0.298. The topological polar surface area (TPSA) is 97.6 Å². The first-order valence-corrected chi connectivity index (χ1v) is 11.1. The number of carbonyl (C=O) groups is 1. The second-order valence-corrected chi connectivity index (χ2v) is 8.28. The first kappa shape index (κ1) is 21.7. The summed E-state index contributed by atoms with van der Waals surface area (Å²) in [5, 5.41) is 16.5. The fourth-order valence-corrected chi connectivity index (χ4v) is 4.20. The van der Waals surface area contributed by atoms with E-state index in [9.17, 15) is 14.9 Å². The Labute approximate surface area is 199 Å². The zero-order chi connectivity index (χ0) is 23.7. The average molecular weight is 478 g/mol. The van der Waals surface area contributed by atoms with E-state index in [0.717, 1.165) is 5.69 Å². The zero-order valence-electron chi connectivity index (χ0n) is 18.0. The third-order valence-electron chi connectivity index (χ3n) is 5.73. The lowest BCUT2D eigenvalue weighted by Gasteiger charge is -2.36. The highest BCUT2D eigenvalue weighted by Crippen LogP contribution is 2.26. The number of nitro benzene ring substituents is 1. The van der Waals surface area contributed by atoms with Crippen molar-refractivity contribution in [3.05, 3.63) is 93.8 Å². The van der Waals surface area contributed by atoms with Gasteiger partial charge in [0.15, 0.2) is 5.76 Å². The molecule has 1 fully saturated rings. The number of hydrogen-bond acceptors (Lipinski definition) is 6. The molecule has 0 radical (unpaired) electrons. The van der Waals surface area contributed by atoms with Crippen molar-refractivity contribution in [1.29, 1.82) is 0 Å². The van der Waals surface area contributed by atoms with Gasteiger partial charge in [-0.15, -0.1) is 0 Å². The zero-order valence-corrected chi connectivity index (χ0v) is 18.8. The van der Waals surface area contributed by atoms with Crippen LogP contribution in [0.3, 0.4) is 0 Å². The minimum absolute atomic E-state index is 0.0823. The van der Waals surface area contributed by atoms with Crippen LogP contribution in [0.25, 0.3) is 17.1 Å². The number of amides is 1. The van der Waals surface area contributed by atoms with Gasteiger partial charge in [0.05, 0.1) is 16.9 Å². The lowest BCUT2D eigenvalue weighted by Crippen LogP contribution is -2.49. The Kier molecular flexibility index (Phi) is 5.77. The van der Waals surface area contributed by atoms with Crippen molar-refractivity contribution in [2.45, 2.75) is 0 Å². The summed E-state index contributed by atoms with van der Waals surface area (Å²) in [6, 6.07) is 18.8. The van der Waals surface area contributed by atoms with E-state index >= 15 is 0 Å². The number of anilines is 1. The van der Waals surface area contributed by atoms with Crippen LogP contribution in [0, 0.1) is 10.1 Å². The van der Waals surface area contributed by atoms with Gasteiger partial charge in [0.1, 0.15) is 11.4 Å². The smallest absolute Gasteiger partial charge is 0.272 e. The monoisotopic (exact) mass is 477 g/mol. The highest BCUT2D eigenvalue weighted by atomic mass is 35.5. The molecule has 9 nitrogen and oxygen atoms in total. The Hall–Kier alpha value is -4.11. The molecule has 10 heteroatoms. The third-order valence-corrected chi connectivity index (χ3v) is 5.96. The highest BCUT2D eigenvalue weighted by Gasteiger charge is 2.27. The van der Waals surface area contributed by atoms with Gasteiger partial charge in [-0.2, -0.15) is 5.10 Å². The van der Waals surface area contributed by atoms with Crippen molar-refractivity contribution < 1.29 is 14.1 Å². The first-order valence-electron chi connectivity index (χ1n) is 10.7. The molecule has 0 N–H and O–H groups in total. The summed E-state index contributed by atoms with van der Waals surface area (Å²) in [6.07, 6.45) is 1.53. The molecule has 4 aromatic rings. The van der Waals surface area contributed by atoms with Crippen molar-refractivity contribution in [1.82, 2.24) is 14.7 Å². The molecule has 0 unspecified atom stereocenters. The van der Waals surface area contributed by atoms with Gasteiger partial charge in [-0.05, 0) is 36.4 Å². The summed E-state index contributed by atoms with van der Waals surface area (Å²) in [4.78, 5) is 28.3. The van der Waals surface area contributed by atoms with Crippen LogP contribution < -0.4 is 4.90 Å². The standard InChI is InChI=1S/C24H20ClN5O4/c25-17-4-1-5-18(14-17)27-9-11-28(12-10-27)24(31)22-16-21(23-8-3-13-34-23)26-29(22)19-6-2-7-20(15-19)30(32)33/h1-8,13-16H,9-12H2. The van der Waals surface area contributed by atoms with Crippen molar-refractivity contribution >= 4 is 28.9 Å². The van der Waals surface area contributed by atoms with Gasteiger partial charge in [-0.3, -0.25) is 14.9 Å². The molecule has 5 rings (SSSR count). The van der Waals surface area contributed by atoms with Gasteiger partial charge in [-0.1, -0.05) is 23.7 Å². The average Bonchev–Trinajstić information content (AvgIpc) is 3.54. The van der Waals surface area contributed by atoms with Crippen LogP contribution in [0.4, 0.5) is 11.4 Å². The van der Waals surface area contributed by atoms with Gasteiger partial charge in [0.25, 0.3) is 11.6 Å². The van der Waals surface area contributed by atoms with Crippen LogP contribution in [0.2, 0.25) is 5.02 Å². The SMILES string of the molecule is O=C(c1cc(-c2ccco2)nn1-c1cccc([N+](=O)[O-])c1)N1CCN(c2cccc(Cl)c2)CC1. The Morgan fingerprint density at radius 2 is 1.74 bits per heavy atom. The summed E-state index contributed by atoms with van der Waals surface area (Å²) in [6.45, 7) is 2.34. The maximum absolute atomic E-state index is 13.6. The number of nitro groups is 1. The maximum Gasteiger partial charge on any atom is 0.272 e. The molecule has 0 saturated carbocycles. The van der Waals surface area contributed by atoms with Crippen LogP contribution in [0.1, 0.15) is 10.5 Å². The number of carbonyl (C=O) groups excluding carboxylic acids is 1. The van der Waals surface area contributed by atoms with Gasteiger partial charge in [-0.25, -0.2) is 4.68 Å². The number of furan rings is 1. The predicted octanol–water partition coefficient (Wildman–Crippen LogP) is 4.66. The van der Waals surface area contributed by atoms with E-state index in [4.69, 9.17) is 16.0 Å². The molecule has 1 amide bonds. The van der Waals surface area contributed by atoms with Crippen LogP contribution in [0.5, 0.6) is 0 Å². The molecule has 0 aliphatic carbocycles. The Morgan fingerprint density at radius 3 is 2.44 bits per heavy atom. The number of piperazine rings is 1. The van der Waals surface area contributed by atoms with Gasteiger partial charge >= 0.3 is 0 Å². The van der Waals surface area contributed by atoms with Crippen LogP contribution in [-0.2, 0) is 0 Å². The normalized spacial score (nSPS) is 13.8. The summed E-state index contributed by atoms with van der Waals surface area (Å²) < 4.78 is 6.90. The van der Waals surface area contributed by atoms with Crippen molar-refractivity contribution in [3.8, 4) is 17.1 Å². The second kappa shape index (κ2) is 9.03. The van der Waals surface area contributed by atoms with E-state index in [1.54, 1.807) is 35.2 Å². The number of nitrogens with zero attached hydrogens (tertiary/aromatic N) is 5. The minimum atomic E-state index is -0.475. The fourth-order valence-electron chi connectivity index (χ4n) is 4.02. The van der Waals surface area contributed by atoms with E-state index in [0.29, 0.717) is 54.0 Å². The molecule has 172 valence electrons. The van der Waals surface area contributed by atoms with Crippen molar-refractivity contribution in [2.24, 2.45) is 0 Å².